The minimum Gasteiger partial charge on any atom is -0.411 e. The average Bonchev–Trinajstić information content (AvgIpc) is 2.96. The quantitative estimate of drug-likeness (QED) is 0.405. The smallest absolute Gasteiger partial charge is 0.411 e. The van der Waals surface area contributed by atoms with Gasteiger partial charge in [-0.15, -0.1) is 23.1 Å². The number of thiophene rings is 1. The molecule has 4 nitrogen and oxygen atoms in total. The second-order valence-electron chi connectivity index (χ2n) is 3.80. The van der Waals surface area contributed by atoms with Crippen molar-refractivity contribution in [3.05, 3.63) is 33.6 Å². The van der Waals surface area contributed by atoms with E-state index >= 15 is 0 Å². The number of hydrogen-bond acceptors (Lipinski definition) is 5. The summed E-state index contributed by atoms with van der Waals surface area (Å²) in [5, 5.41) is 16.9. The molecule has 108 valence electrons. The van der Waals surface area contributed by atoms with Gasteiger partial charge >= 0.3 is 6.18 Å². The van der Waals surface area contributed by atoms with E-state index in [1.807, 2.05) is 17.5 Å². The van der Waals surface area contributed by atoms with Crippen molar-refractivity contribution >= 4 is 29.3 Å². The zero-order valence-corrected chi connectivity index (χ0v) is 11.9. The lowest BCUT2D eigenvalue weighted by Gasteiger charge is -2.03. The second-order valence-corrected chi connectivity index (χ2v) is 5.80. The van der Waals surface area contributed by atoms with Crippen LogP contribution in [0.1, 0.15) is 16.1 Å². The molecule has 0 unspecified atom stereocenters. The number of nitrogens with zero attached hydrogens (tertiary/aromatic N) is 3. The van der Waals surface area contributed by atoms with Crippen LogP contribution in [-0.4, -0.2) is 21.2 Å². The van der Waals surface area contributed by atoms with Gasteiger partial charge in [-0.1, -0.05) is 11.2 Å². The maximum absolute atomic E-state index is 12.9. The maximum atomic E-state index is 12.9. The second kappa shape index (κ2) is 5.88. The van der Waals surface area contributed by atoms with Crippen LogP contribution in [0, 0.1) is 0 Å². The first kappa shape index (κ1) is 14.9. The minimum atomic E-state index is -4.59. The fourth-order valence-corrected chi connectivity index (χ4v) is 3.46. The van der Waals surface area contributed by atoms with Crippen molar-refractivity contribution in [1.82, 2.24) is 9.78 Å². The van der Waals surface area contributed by atoms with Gasteiger partial charge in [0.2, 0.25) is 0 Å². The van der Waals surface area contributed by atoms with Crippen LogP contribution in [0.3, 0.4) is 0 Å². The number of halogens is 3. The van der Waals surface area contributed by atoms with E-state index in [-0.39, 0.29) is 5.56 Å². The molecule has 2 rings (SSSR count). The number of rotatable bonds is 4. The topological polar surface area (TPSA) is 50.4 Å². The van der Waals surface area contributed by atoms with E-state index in [0.29, 0.717) is 10.8 Å². The molecule has 20 heavy (non-hydrogen) atoms. The highest BCUT2D eigenvalue weighted by Gasteiger charge is 2.38. The van der Waals surface area contributed by atoms with Crippen molar-refractivity contribution in [2.24, 2.45) is 12.2 Å². The summed E-state index contributed by atoms with van der Waals surface area (Å²) in [4.78, 5) is 1.04. The van der Waals surface area contributed by atoms with E-state index in [1.165, 1.54) is 30.1 Å². The van der Waals surface area contributed by atoms with E-state index in [0.717, 1.165) is 15.8 Å². The molecular formula is C11H10F3N3OS2. The first-order valence-electron chi connectivity index (χ1n) is 5.40. The fourth-order valence-electron chi connectivity index (χ4n) is 1.61. The summed E-state index contributed by atoms with van der Waals surface area (Å²) in [6.45, 7) is 0. The summed E-state index contributed by atoms with van der Waals surface area (Å²) < 4.78 is 39.7. The number of hydrogen-bond donors (Lipinski definition) is 1. The minimum absolute atomic E-state index is 0.218. The Morgan fingerprint density at radius 1 is 1.55 bits per heavy atom. The molecule has 2 heterocycles. The molecule has 0 fully saturated rings. The van der Waals surface area contributed by atoms with Crippen LogP contribution in [0.2, 0.25) is 0 Å². The first-order valence-corrected chi connectivity index (χ1v) is 7.27. The lowest BCUT2D eigenvalue weighted by Crippen LogP contribution is -2.09. The fraction of sp³-hybridized carbons (Fsp3) is 0.273. The Labute approximate surface area is 120 Å². The summed E-state index contributed by atoms with van der Waals surface area (Å²) in [5.74, 6) is 0.529. The molecule has 0 aliphatic heterocycles. The highest BCUT2D eigenvalue weighted by molar-refractivity contribution is 7.98. The largest absolute Gasteiger partial charge is 0.435 e. The van der Waals surface area contributed by atoms with Gasteiger partial charge in [0.15, 0.2) is 5.69 Å². The van der Waals surface area contributed by atoms with E-state index in [2.05, 4.69) is 10.3 Å². The molecule has 1 N–H and O–H groups in total. The van der Waals surface area contributed by atoms with Crippen LogP contribution < -0.4 is 0 Å². The molecule has 0 aliphatic rings. The highest BCUT2D eigenvalue weighted by Crippen LogP contribution is 2.36. The molecule has 0 saturated carbocycles. The van der Waals surface area contributed by atoms with Gasteiger partial charge in [0.25, 0.3) is 0 Å². The van der Waals surface area contributed by atoms with Crippen LogP contribution in [0.5, 0.6) is 0 Å². The Morgan fingerprint density at radius 2 is 2.30 bits per heavy atom. The molecule has 0 spiro atoms. The molecule has 0 aliphatic carbocycles. The van der Waals surface area contributed by atoms with Gasteiger partial charge in [0.05, 0.1) is 11.8 Å². The van der Waals surface area contributed by atoms with Crippen molar-refractivity contribution in [2.45, 2.75) is 17.0 Å². The Balaban J connectivity index is 2.34. The predicted molar refractivity (Wildman–Crippen MR) is 71.5 cm³/mol. The van der Waals surface area contributed by atoms with Gasteiger partial charge in [-0.3, -0.25) is 4.68 Å². The predicted octanol–water partition coefficient (Wildman–Crippen LogP) is 3.60. The summed E-state index contributed by atoms with van der Waals surface area (Å²) in [5.41, 5.74) is -1.27. The average molecular weight is 321 g/mol. The summed E-state index contributed by atoms with van der Waals surface area (Å²) in [6, 6.07) is 3.78. The number of alkyl halides is 3. The molecule has 0 amide bonds. The van der Waals surface area contributed by atoms with Gasteiger partial charge in [0.1, 0.15) is 5.03 Å². The van der Waals surface area contributed by atoms with Crippen molar-refractivity contribution in [1.29, 1.82) is 0 Å². The lowest BCUT2D eigenvalue weighted by atomic mass is 10.2. The molecule has 9 heteroatoms. The number of aromatic nitrogens is 2. The molecule has 0 radical (unpaired) electrons. The number of aryl methyl sites for hydroxylation is 1. The zero-order chi connectivity index (χ0) is 14.8. The Kier molecular flexibility index (Phi) is 4.39. The SMILES string of the molecule is Cn1nc(C(F)(F)F)c(/C=N/O)c1SCc1cccs1. The maximum Gasteiger partial charge on any atom is 0.435 e. The van der Waals surface area contributed by atoms with E-state index in [1.54, 1.807) is 0 Å². The third-order valence-electron chi connectivity index (χ3n) is 2.42. The number of oxime groups is 1. The van der Waals surface area contributed by atoms with Crippen LogP contribution in [0.25, 0.3) is 0 Å². The lowest BCUT2D eigenvalue weighted by molar-refractivity contribution is -0.141. The normalized spacial score (nSPS) is 12.4. The van der Waals surface area contributed by atoms with Crippen LogP contribution in [0.4, 0.5) is 13.2 Å². The summed E-state index contributed by atoms with van der Waals surface area (Å²) in [7, 11) is 1.43. The van der Waals surface area contributed by atoms with Crippen molar-refractivity contribution in [3.63, 3.8) is 0 Å². The number of thioether (sulfide) groups is 1. The van der Waals surface area contributed by atoms with Crippen LogP contribution in [-0.2, 0) is 19.0 Å². The highest BCUT2D eigenvalue weighted by atomic mass is 32.2. The zero-order valence-electron chi connectivity index (χ0n) is 10.3. The molecular weight excluding hydrogens is 311 g/mol. The van der Waals surface area contributed by atoms with Crippen molar-refractivity contribution < 1.29 is 18.4 Å². The first-order chi connectivity index (χ1) is 9.43. The monoisotopic (exact) mass is 321 g/mol. The van der Waals surface area contributed by atoms with E-state index in [4.69, 9.17) is 5.21 Å². The van der Waals surface area contributed by atoms with Gasteiger partial charge in [-0.2, -0.15) is 18.3 Å². The molecule has 2 aromatic rings. The third-order valence-corrected chi connectivity index (χ3v) is 4.69. The summed E-state index contributed by atoms with van der Waals surface area (Å²) >= 11 is 2.74. The van der Waals surface area contributed by atoms with Crippen LogP contribution >= 0.6 is 23.1 Å². The van der Waals surface area contributed by atoms with Gasteiger partial charge < -0.3 is 5.21 Å². The Bertz CT molecular complexity index is 605. The van der Waals surface area contributed by atoms with Gasteiger partial charge in [0, 0.05) is 17.7 Å². The molecule has 2 aromatic heterocycles. The van der Waals surface area contributed by atoms with Crippen molar-refractivity contribution in [2.75, 3.05) is 0 Å². The van der Waals surface area contributed by atoms with E-state index < -0.39 is 11.9 Å². The van der Waals surface area contributed by atoms with E-state index in [9.17, 15) is 13.2 Å². The Morgan fingerprint density at radius 3 is 2.85 bits per heavy atom. The molecule has 0 aromatic carbocycles. The van der Waals surface area contributed by atoms with Crippen molar-refractivity contribution in [3.8, 4) is 0 Å². The van der Waals surface area contributed by atoms with Gasteiger partial charge in [-0.25, -0.2) is 0 Å². The third kappa shape index (κ3) is 3.15. The standard InChI is InChI=1S/C11H10F3N3OS2/c1-17-10(20-6-7-3-2-4-19-7)8(5-15-18)9(16-17)11(12,13)14/h2-5,18H,6H2,1H3/b15-5+. The molecule has 0 bridgehead atoms. The van der Waals surface area contributed by atoms with Crippen LogP contribution in [0.15, 0.2) is 27.7 Å². The van der Waals surface area contributed by atoms with Gasteiger partial charge in [-0.05, 0) is 11.4 Å². The summed E-state index contributed by atoms with van der Waals surface area (Å²) in [6.07, 6.45) is -3.82. The molecule has 0 saturated heterocycles. The Hall–Kier alpha value is -1.48. The molecule has 0 atom stereocenters.